The van der Waals surface area contributed by atoms with Gasteiger partial charge in [0.05, 0.1) is 12.2 Å². The predicted molar refractivity (Wildman–Crippen MR) is 108 cm³/mol. The summed E-state index contributed by atoms with van der Waals surface area (Å²) in [7, 11) is 0. The van der Waals surface area contributed by atoms with E-state index in [-0.39, 0.29) is 5.91 Å². The number of rotatable bonds is 5. The van der Waals surface area contributed by atoms with E-state index in [0.29, 0.717) is 18.2 Å². The predicted octanol–water partition coefficient (Wildman–Crippen LogP) is 2.13. The molecule has 2 aromatic heterocycles. The van der Waals surface area contributed by atoms with Gasteiger partial charge in [-0.15, -0.1) is 0 Å². The third kappa shape index (κ3) is 4.25. The Balaban J connectivity index is 1.37. The number of carbonyl (C=O) groups is 1. The van der Waals surface area contributed by atoms with E-state index in [0.717, 1.165) is 31.9 Å². The third-order valence-electron chi connectivity index (χ3n) is 4.72. The molecule has 1 fully saturated rings. The number of piperazine rings is 1. The lowest BCUT2D eigenvalue weighted by Gasteiger charge is -2.36. The van der Waals surface area contributed by atoms with E-state index in [2.05, 4.69) is 54.3 Å². The van der Waals surface area contributed by atoms with Crippen molar-refractivity contribution in [2.45, 2.75) is 6.54 Å². The molecule has 1 aromatic carbocycles. The normalized spacial score (nSPS) is 14.0. The van der Waals surface area contributed by atoms with Gasteiger partial charge in [0.2, 0.25) is 5.95 Å². The third-order valence-corrected chi connectivity index (χ3v) is 4.72. The van der Waals surface area contributed by atoms with Gasteiger partial charge in [-0.25, -0.2) is 9.97 Å². The number of hydrogen-bond donors (Lipinski definition) is 1. The van der Waals surface area contributed by atoms with Crippen molar-refractivity contribution < 1.29 is 4.79 Å². The summed E-state index contributed by atoms with van der Waals surface area (Å²) in [6, 6.07) is 17.6. The summed E-state index contributed by atoms with van der Waals surface area (Å²) in [6.45, 7) is 3.78. The Kier molecular flexibility index (Phi) is 5.42. The summed E-state index contributed by atoms with van der Waals surface area (Å²) in [5, 5.41) is 2.86. The molecule has 0 radical (unpaired) electrons. The maximum Gasteiger partial charge on any atom is 0.270 e. The minimum absolute atomic E-state index is 0.225. The first-order chi connectivity index (χ1) is 13.8. The summed E-state index contributed by atoms with van der Waals surface area (Å²) in [5.74, 6) is 0.371. The molecule has 3 heterocycles. The quantitative estimate of drug-likeness (QED) is 0.737. The molecule has 0 bridgehead atoms. The van der Waals surface area contributed by atoms with Crippen LogP contribution in [0.1, 0.15) is 16.2 Å². The van der Waals surface area contributed by atoms with Crippen molar-refractivity contribution in [3.05, 3.63) is 78.4 Å². The van der Waals surface area contributed by atoms with E-state index in [1.165, 1.54) is 5.69 Å². The number of nitrogens with zero attached hydrogens (tertiary/aromatic N) is 5. The van der Waals surface area contributed by atoms with Crippen LogP contribution in [0.3, 0.4) is 0 Å². The van der Waals surface area contributed by atoms with Crippen LogP contribution in [0.25, 0.3) is 0 Å². The Morgan fingerprint density at radius 1 is 0.857 bits per heavy atom. The molecule has 1 amide bonds. The Labute approximate surface area is 164 Å². The average molecular weight is 374 g/mol. The van der Waals surface area contributed by atoms with Gasteiger partial charge in [-0.3, -0.25) is 9.78 Å². The molecule has 0 aliphatic carbocycles. The fourth-order valence-electron chi connectivity index (χ4n) is 3.19. The SMILES string of the molecule is O=C(NCc1ccccn1)c1ccnc(N2CCN(c3ccccc3)CC2)n1. The summed E-state index contributed by atoms with van der Waals surface area (Å²) >= 11 is 0. The van der Waals surface area contributed by atoms with Gasteiger partial charge in [-0.2, -0.15) is 0 Å². The van der Waals surface area contributed by atoms with E-state index in [1.54, 1.807) is 18.5 Å². The lowest BCUT2D eigenvalue weighted by Crippen LogP contribution is -2.47. The van der Waals surface area contributed by atoms with Crippen molar-refractivity contribution in [3.8, 4) is 0 Å². The lowest BCUT2D eigenvalue weighted by molar-refractivity contribution is 0.0945. The minimum atomic E-state index is -0.225. The monoisotopic (exact) mass is 374 g/mol. The molecule has 1 N–H and O–H groups in total. The van der Waals surface area contributed by atoms with Crippen LogP contribution >= 0.6 is 0 Å². The highest BCUT2D eigenvalue weighted by molar-refractivity contribution is 5.92. The second kappa shape index (κ2) is 8.47. The Hall–Kier alpha value is -3.48. The molecule has 142 valence electrons. The standard InChI is InChI=1S/C21H22N6O/c28-20(24-16-17-6-4-5-10-22-17)19-9-11-23-21(25-19)27-14-12-26(13-15-27)18-7-2-1-3-8-18/h1-11H,12-16H2,(H,24,28). The van der Waals surface area contributed by atoms with Gasteiger partial charge in [-0.1, -0.05) is 24.3 Å². The van der Waals surface area contributed by atoms with E-state index >= 15 is 0 Å². The van der Waals surface area contributed by atoms with Gasteiger partial charge in [0, 0.05) is 44.3 Å². The second-order valence-electron chi connectivity index (χ2n) is 6.56. The molecule has 1 saturated heterocycles. The number of para-hydroxylation sites is 1. The molecular formula is C21H22N6O. The number of hydrogen-bond acceptors (Lipinski definition) is 6. The van der Waals surface area contributed by atoms with Crippen LogP contribution in [0.15, 0.2) is 67.0 Å². The van der Waals surface area contributed by atoms with Crippen LogP contribution in [0.5, 0.6) is 0 Å². The Bertz CT molecular complexity index is 910. The first kappa shape index (κ1) is 17.9. The number of aromatic nitrogens is 3. The summed E-state index contributed by atoms with van der Waals surface area (Å²) in [5.41, 5.74) is 2.40. The Morgan fingerprint density at radius 3 is 2.36 bits per heavy atom. The molecular weight excluding hydrogens is 352 g/mol. The zero-order valence-corrected chi connectivity index (χ0v) is 15.5. The van der Waals surface area contributed by atoms with Crippen LogP contribution in [0.2, 0.25) is 0 Å². The molecule has 7 heteroatoms. The average Bonchev–Trinajstić information content (AvgIpc) is 2.79. The number of pyridine rings is 1. The smallest absolute Gasteiger partial charge is 0.270 e. The van der Waals surface area contributed by atoms with Gasteiger partial charge in [0.15, 0.2) is 0 Å². The molecule has 0 spiro atoms. The largest absolute Gasteiger partial charge is 0.368 e. The van der Waals surface area contributed by atoms with Gasteiger partial charge < -0.3 is 15.1 Å². The van der Waals surface area contributed by atoms with Crippen molar-refractivity contribution in [2.24, 2.45) is 0 Å². The summed E-state index contributed by atoms with van der Waals surface area (Å²) in [4.78, 5) is 29.9. The van der Waals surface area contributed by atoms with Crippen LogP contribution in [-0.2, 0) is 6.54 Å². The van der Waals surface area contributed by atoms with Crippen LogP contribution in [0, 0.1) is 0 Å². The van der Waals surface area contributed by atoms with E-state index in [4.69, 9.17) is 0 Å². The van der Waals surface area contributed by atoms with Crippen molar-refractivity contribution in [2.75, 3.05) is 36.0 Å². The Morgan fingerprint density at radius 2 is 1.61 bits per heavy atom. The zero-order valence-electron chi connectivity index (χ0n) is 15.5. The summed E-state index contributed by atoms with van der Waals surface area (Å²) in [6.07, 6.45) is 3.35. The molecule has 3 aromatic rings. The number of benzene rings is 1. The molecule has 0 unspecified atom stereocenters. The number of amides is 1. The fraction of sp³-hybridized carbons (Fsp3) is 0.238. The van der Waals surface area contributed by atoms with Crippen molar-refractivity contribution in [3.63, 3.8) is 0 Å². The van der Waals surface area contributed by atoms with Crippen LogP contribution in [0.4, 0.5) is 11.6 Å². The van der Waals surface area contributed by atoms with Gasteiger partial charge in [0.25, 0.3) is 5.91 Å². The molecule has 1 aliphatic heterocycles. The van der Waals surface area contributed by atoms with E-state index < -0.39 is 0 Å². The fourth-order valence-corrected chi connectivity index (χ4v) is 3.19. The number of carbonyl (C=O) groups excluding carboxylic acids is 1. The van der Waals surface area contributed by atoms with Gasteiger partial charge >= 0.3 is 0 Å². The summed E-state index contributed by atoms with van der Waals surface area (Å²) < 4.78 is 0. The molecule has 0 saturated carbocycles. The van der Waals surface area contributed by atoms with Crippen molar-refractivity contribution in [1.29, 1.82) is 0 Å². The van der Waals surface area contributed by atoms with Crippen molar-refractivity contribution in [1.82, 2.24) is 20.3 Å². The topological polar surface area (TPSA) is 74.2 Å². The first-order valence-corrected chi connectivity index (χ1v) is 9.36. The van der Waals surface area contributed by atoms with E-state index in [1.807, 2.05) is 24.3 Å². The van der Waals surface area contributed by atoms with Crippen molar-refractivity contribution >= 4 is 17.5 Å². The highest BCUT2D eigenvalue weighted by Crippen LogP contribution is 2.18. The highest BCUT2D eigenvalue weighted by atomic mass is 16.1. The molecule has 1 aliphatic rings. The second-order valence-corrected chi connectivity index (χ2v) is 6.56. The number of nitrogens with one attached hydrogen (secondary N) is 1. The van der Waals surface area contributed by atoms with Gasteiger partial charge in [-0.05, 0) is 30.3 Å². The zero-order chi connectivity index (χ0) is 19.2. The maximum atomic E-state index is 12.4. The number of anilines is 2. The molecule has 0 atom stereocenters. The minimum Gasteiger partial charge on any atom is -0.368 e. The van der Waals surface area contributed by atoms with Crippen LogP contribution in [-0.4, -0.2) is 47.0 Å². The first-order valence-electron chi connectivity index (χ1n) is 9.36. The lowest BCUT2D eigenvalue weighted by atomic mass is 10.2. The van der Waals surface area contributed by atoms with Crippen LogP contribution < -0.4 is 15.1 Å². The highest BCUT2D eigenvalue weighted by Gasteiger charge is 2.20. The van der Waals surface area contributed by atoms with Gasteiger partial charge in [0.1, 0.15) is 5.69 Å². The maximum absolute atomic E-state index is 12.4. The van der Waals surface area contributed by atoms with E-state index in [9.17, 15) is 4.79 Å². The molecule has 4 rings (SSSR count). The molecule has 7 nitrogen and oxygen atoms in total. The molecule has 28 heavy (non-hydrogen) atoms.